The molecule has 0 nitrogen and oxygen atoms in total. The Kier molecular flexibility index (Phi) is 181. The summed E-state index contributed by atoms with van der Waals surface area (Å²) < 4.78 is 0. The van der Waals surface area contributed by atoms with E-state index in [0.29, 0.717) is 0 Å². The topological polar surface area (TPSA) is 0 Å². The first-order chi connectivity index (χ1) is 0. The van der Waals surface area contributed by atoms with Gasteiger partial charge in [0.1, 0.15) is 0 Å². The van der Waals surface area contributed by atoms with E-state index in [2.05, 4.69) is 0 Å². The van der Waals surface area contributed by atoms with E-state index in [1.165, 1.54) is 0 Å². The molecule has 0 N–H and O–H groups in total. The molecular weight excluding hydrogens is 771 g/mol. The van der Waals surface area contributed by atoms with E-state index in [1.54, 1.807) is 0 Å². The zero-order chi connectivity index (χ0) is 0. The molecule has 6 radical (unpaired) electrons. The van der Waals surface area contributed by atoms with E-state index in [9.17, 15) is 0 Å². The van der Waals surface area contributed by atoms with E-state index in [-0.39, 0.29) is 118 Å². The first-order valence-corrected chi connectivity index (χ1v) is 0. The molecule has 0 spiro atoms. The van der Waals surface area contributed by atoms with E-state index >= 15 is 0 Å². The van der Waals surface area contributed by atoms with Crippen molar-refractivity contribution in [2.24, 2.45) is 0 Å². The predicted molar refractivity (Wildman–Crippen MR) is 28.8 cm³/mol. The molecule has 0 heterocycles. The third-order valence-electron chi connectivity index (χ3n) is 0. The van der Waals surface area contributed by atoms with Gasteiger partial charge in [-0.15, -0.1) is 0 Å². The van der Waals surface area contributed by atoms with E-state index in [1.807, 2.05) is 0 Å². The maximum absolute atomic E-state index is 0. The summed E-state index contributed by atoms with van der Waals surface area (Å²) in [5.74, 6) is 0. The van der Waals surface area contributed by atoms with Crippen LogP contribution in [-0.2, 0) is 0 Å². The summed E-state index contributed by atoms with van der Waals surface area (Å²) in [5.41, 5.74) is 0. The van der Waals surface area contributed by atoms with Crippen LogP contribution in [-0.4, -0.2) is 118 Å². The van der Waals surface area contributed by atoms with Crippen LogP contribution in [0.25, 0.3) is 0 Å². The molecule has 0 saturated heterocycles. The smallest absolute Gasteiger partial charge is 2.00 e. The Morgan fingerprint density at radius 2 is 0.400 bits per heavy atom. The molecule has 0 saturated carbocycles. The van der Waals surface area contributed by atoms with Crippen molar-refractivity contribution < 1.29 is 0 Å². The predicted octanol–water partition coefficient (Wildman–Crippen LogP) is -1.90. The van der Waals surface area contributed by atoms with Gasteiger partial charge in [0.05, 0.1) is 0 Å². The Morgan fingerprint density at radius 1 is 0.400 bits per heavy atom. The first kappa shape index (κ1) is 36.6. The first-order valence-electron chi connectivity index (χ1n) is 0. The van der Waals surface area contributed by atoms with Gasteiger partial charge in [-0.25, -0.2) is 0 Å². The van der Waals surface area contributed by atoms with Crippen LogP contribution >= 0.6 is 0 Å². The Labute approximate surface area is 115 Å². The Bertz CT molecular complexity index is 4.85. The minimum Gasteiger partial charge on any atom is -3.00 e. The third-order valence-corrected chi connectivity index (χ3v) is 0. The zero-order valence-corrected chi connectivity index (χ0v) is 17.8. The van der Waals surface area contributed by atoms with Crippen LogP contribution < -0.4 is 0 Å². The summed E-state index contributed by atoms with van der Waals surface area (Å²) >= 11 is 0. The van der Waals surface area contributed by atoms with E-state index in [0.717, 1.165) is 0 Å². The van der Waals surface area contributed by atoms with Crippen LogP contribution in [0.4, 0.5) is 0 Å². The molecule has 5 heteroatoms. The molecule has 0 unspecified atom stereocenters. The fraction of sp³-hybridized carbons (Fsp3) is 0. The van der Waals surface area contributed by atoms with Crippen molar-refractivity contribution >= 4 is 118 Å². The van der Waals surface area contributed by atoms with Crippen LogP contribution in [0, 0.1) is 0 Å². The second-order valence-electron chi connectivity index (χ2n) is 0. The monoisotopic (exact) mass is 774 g/mol. The third kappa shape index (κ3) is 18.1. The van der Waals surface area contributed by atoms with E-state index in [4.69, 9.17) is 0 Å². The number of hydrogen-bond acceptors (Lipinski definition) is 0. The maximum atomic E-state index is 0. The second-order valence-corrected chi connectivity index (χ2v) is 0. The van der Waals surface area contributed by atoms with Crippen LogP contribution in [0.1, 0.15) is 0 Å². The molecule has 0 aliphatic carbocycles. The molecule has 0 amide bonds. The SMILES string of the molecule is [As-3].[As-3].[Pb+2].[Pb+2].[Pb+2]. The summed E-state index contributed by atoms with van der Waals surface area (Å²) in [6.45, 7) is 0. The standard InChI is InChI=1S/2As.3Pb/q2*-3;3*+2. The van der Waals surface area contributed by atoms with Crippen LogP contribution in [0.3, 0.4) is 0 Å². The molecule has 22 valence electrons. The Hall–Kier alpha value is 3.88. The van der Waals surface area contributed by atoms with Crippen LogP contribution in [0.5, 0.6) is 0 Å². The quantitative estimate of drug-likeness (QED) is 0.253. The summed E-state index contributed by atoms with van der Waals surface area (Å²) in [7, 11) is 0. The van der Waals surface area contributed by atoms with Crippen molar-refractivity contribution in [3.8, 4) is 0 Å². The maximum Gasteiger partial charge on any atom is 2.00 e. The largest absolute Gasteiger partial charge is 3.00 e. The van der Waals surface area contributed by atoms with Gasteiger partial charge in [0.15, 0.2) is 0 Å². The fourth-order valence-corrected chi connectivity index (χ4v) is 0. The van der Waals surface area contributed by atoms with Gasteiger partial charge in [-0.3, -0.25) is 0 Å². The molecule has 0 aromatic carbocycles. The van der Waals surface area contributed by atoms with Gasteiger partial charge in [-0.1, -0.05) is 0 Å². The fourth-order valence-electron chi connectivity index (χ4n) is 0. The molecule has 0 aliphatic heterocycles. The van der Waals surface area contributed by atoms with Crippen LogP contribution in [0.15, 0.2) is 0 Å². The van der Waals surface area contributed by atoms with Gasteiger partial charge >= 0.3 is 81.9 Å². The molecule has 0 bridgehead atoms. The summed E-state index contributed by atoms with van der Waals surface area (Å²) in [6, 6.07) is 0. The summed E-state index contributed by atoms with van der Waals surface area (Å²) in [5, 5.41) is 0. The molecule has 0 aliphatic rings. The van der Waals surface area contributed by atoms with Gasteiger partial charge < -0.3 is 35.9 Å². The Morgan fingerprint density at radius 3 is 0.400 bits per heavy atom. The zero-order valence-electron chi connectivity index (χ0n) is 2.39. The van der Waals surface area contributed by atoms with Crippen molar-refractivity contribution in [2.75, 3.05) is 0 Å². The van der Waals surface area contributed by atoms with Gasteiger partial charge in [0, 0.05) is 0 Å². The minimum absolute atomic E-state index is 0. The van der Waals surface area contributed by atoms with Gasteiger partial charge in [0.2, 0.25) is 0 Å². The molecule has 0 aromatic rings. The van der Waals surface area contributed by atoms with Crippen molar-refractivity contribution in [3.05, 3.63) is 0 Å². The van der Waals surface area contributed by atoms with Gasteiger partial charge in [0.25, 0.3) is 0 Å². The summed E-state index contributed by atoms with van der Waals surface area (Å²) in [4.78, 5) is 0. The van der Waals surface area contributed by atoms with Crippen molar-refractivity contribution in [1.82, 2.24) is 0 Å². The average molecular weight is 771 g/mol. The summed E-state index contributed by atoms with van der Waals surface area (Å²) in [6.07, 6.45) is 0. The molecule has 5 heavy (non-hydrogen) atoms. The van der Waals surface area contributed by atoms with Crippen molar-refractivity contribution in [2.45, 2.75) is 0 Å². The van der Waals surface area contributed by atoms with Gasteiger partial charge in [-0.2, -0.15) is 0 Å². The molecule has 0 aromatic heterocycles. The molecular formula is As2Pb3. The van der Waals surface area contributed by atoms with Gasteiger partial charge in [-0.05, 0) is 0 Å². The number of rotatable bonds is 0. The van der Waals surface area contributed by atoms with Crippen LogP contribution in [0.2, 0.25) is 0 Å². The second kappa shape index (κ2) is 24.8. The van der Waals surface area contributed by atoms with E-state index < -0.39 is 0 Å². The molecule has 0 rings (SSSR count). The van der Waals surface area contributed by atoms with Crippen molar-refractivity contribution in [1.29, 1.82) is 0 Å². The Balaban J connectivity index is 0. The normalized spacial score (nSPS) is 0. The van der Waals surface area contributed by atoms with Crippen molar-refractivity contribution in [3.63, 3.8) is 0 Å². The molecule has 0 atom stereocenters. The average Bonchev–Trinajstić information content (AvgIpc) is 0. The molecule has 0 fully saturated rings. The number of hydrogen-bond donors (Lipinski definition) is 0. The minimum atomic E-state index is 0.